The fraction of sp³-hybridized carbons (Fsp3) is 0.455. The average Bonchev–Trinajstić information content (AvgIpc) is 2.16. The van der Waals surface area contributed by atoms with Gasteiger partial charge in [-0.2, -0.15) is 0 Å². The van der Waals surface area contributed by atoms with E-state index in [0.29, 0.717) is 5.92 Å². The monoisotopic (exact) mass is 209 g/mol. The van der Waals surface area contributed by atoms with Crippen LogP contribution in [-0.2, 0) is 17.9 Å². The van der Waals surface area contributed by atoms with Gasteiger partial charge < -0.3 is 4.84 Å². The second-order valence-electron chi connectivity index (χ2n) is 3.91. The third-order valence-electron chi connectivity index (χ3n) is 2.00. The number of rotatable bonds is 5. The van der Waals surface area contributed by atoms with Gasteiger partial charge in [0.15, 0.2) is 0 Å². The fourth-order valence-corrected chi connectivity index (χ4v) is 1.37. The Hall–Kier alpha value is -1.58. The van der Waals surface area contributed by atoms with Crippen LogP contribution < -0.4 is 0 Å². The summed E-state index contributed by atoms with van der Waals surface area (Å²) in [5, 5.41) is 9.19. The zero-order valence-corrected chi connectivity index (χ0v) is 8.97. The van der Waals surface area contributed by atoms with E-state index in [9.17, 15) is 10.1 Å². The molecule has 0 aliphatic heterocycles. The predicted molar refractivity (Wildman–Crippen MR) is 56.8 cm³/mol. The van der Waals surface area contributed by atoms with E-state index >= 15 is 0 Å². The van der Waals surface area contributed by atoms with E-state index in [2.05, 4.69) is 18.7 Å². The van der Waals surface area contributed by atoms with E-state index in [1.807, 2.05) is 24.3 Å². The molecule has 1 aromatic carbocycles. The molecule has 0 spiro atoms. The summed E-state index contributed by atoms with van der Waals surface area (Å²) in [6, 6.07) is 7.69. The highest BCUT2D eigenvalue weighted by Gasteiger charge is 2.00. The van der Waals surface area contributed by atoms with E-state index in [0.717, 1.165) is 12.0 Å². The van der Waals surface area contributed by atoms with Crippen LogP contribution in [-0.4, -0.2) is 5.09 Å². The van der Waals surface area contributed by atoms with Gasteiger partial charge in [0.25, 0.3) is 5.09 Å². The smallest absolute Gasteiger partial charge is 0.294 e. The Morgan fingerprint density at radius 1 is 1.27 bits per heavy atom. The SMILES string of the molecule is CC(C)Cc1ccc(CO[N+](=O)[O-])cc1. The Morgan fingerprint density at radius 2 is 1.80 bits per heavy atom. The highest BCUT2D eigenvalue weighted by molar-refractivity contribution is 5.22. The first-order valence-corrected chi connectivity index (χ1v) is 4.93. The minimum absolute atomic E-state index is 0.0228. The first-order chi connectivity index (χ1) is 7.08. The Kier molecular flexibility index (Phi) is 4.09. The maximum atomic E-state index is 9.97. The second-order valence-corrected chi connectivity index (χ2v) is 3.91. The summed E-state index contributed by atoms with van der Waals surface area (Å²) in [7, 11) is 0. The molecule has 0 atom stereocenters. The summed E-state index contributed by atoms with van der Waals surface area (Å²) in [5.74, 6) is 0.617. The molecule has 0 radical (unpaired) electrons. The summed E-state index contributed by atoms with van der Waals surface area (Å²) in [6.07, 6.45) is 1.02. The maximum absolute atomic E-state index is 9.97. The molecule has 4 nitrogen and oxygen atoms in total. The minimum Gasteiger partial charge on any atom is -0.309 e. The van der Waals surface area contributed by atoms with E-state index in [1.54, 1.807) is 0 Å². The molecule has 0 aromatic heterocycles. The van der Waals surface area contributed by atoms with Crippen molar-refractivity contribution in [2.45, 2.75) is 26.9 Å². The number of hydrogen-bond donors (Lipinski definition) is 0. The lowest BCUT2D eigenvalue weighted by molar-refractivity contribution is -0.763. The molecule has 0 N–H and O–H groups in total. The van der Waals surface area contributed by atoms with Crippen LogP contribution in [0.1, 0.15) is 25.0 Å². The molecule has 82 valence electrons. The van der Waals surface area contributed by atoms with Crippen molar-refractivity contribution < 1.29 is 9.92 Å². The van der Waals surface area contributed by atoms with Gasteiger partial charge in [-0.15, -0.1) is 10.1 Å². The molecule has 15 heavy (non-hydrogen) atoms. The van der Waals surface area contributed by atoms with Gasteiger partial charge in [0, 0.05) is 0 Å². The van der Waals surface area contributed by atoms with Crippen molar-refractivity contribution in [2.24, 2.45) is 5.92 Å². The highest BCUT2D eigenvalue weighted by atomic mass is 16.9. The van der Waals surface area contributed by atoms with Crippen molar-refractivity contribution in [1.82, 2.24) is 0 Å². The molecule has 0 unspecified atom stereocenters. The summed E-state index contributed by atoms with van der Waals surface area (Å²) in [5.41, 5.74) is 2.06. The molecule has 0 heterocycles. The van der Waals surface area contributed by atoms with Crippen molar-refractivity contribution in [3.63, 3.8) is 0 Å². The van der Waals surface area contributed by atoms with Crippen LogP contribution in [0.15, 0.2) is 24.3 Å². The Bertz CT molecular complexity index is 319. The number of nitrogens with zero attached hydrogens (tertiary/aromatic N) is 1. The van der Waals surface area contributed by atoms with Gasteiger partial charge in [-0.1, -0.05) is 38.1 Å². The largest absolute Gasteiger partial charge is 0.309 e. The normalized spacial score (nSPS) is 10.3. The van der Waals surface area contributed by atoms with Crippen molar-refractivity contribution >= 4 is 0 Å². The van der Waals surface area contributed by atoms with E-state index in [4.69, 9.17) is 0 Å². The second kappa shape index (κ2) is 5.34. The highest BCUT2D eigenvalue weighted by Crippen LogP contribution is 2.10. The quantitative estimate of drug-likeness (QED) is 0.553. The molecule has 1 rings (SSSR count). The van der Waals surface area contributed by atoms with Gasteiger partial charge in [-0.25, -0.2) is 0 Å². The lowest BCUT2D eigenvalue weighted by atomic mass is 10.0. The van der Waals surface area contributed by atoms with Crippen LogP contribution in [0.2, 0.25) is 0 Å². The van der Waals surface area contributed by atoms with Crippen molar-refractivity contribution in [3.8, 4) is 0 Å². The summed E-state index contributed by atoms with van der Waals surface area (Å²) >= 11 is 0. The first-order valence-electron chi connectivity index (χ1n) is 4.93. The lowest BCUT2D eigenvalue weighted by Crippen LogP contribution is -2.00. The van der Waals surface area contributed by atoms with Crippen molar-refractivity contribution in [1.29, 1.82) is 0 Å². The van der Waals surface area contributed by atoms with Gasteiger partial charge in [-0.3, -0.25) is 0 Å². The molecule has 0 fully saturated rings. The van der Waals surface area contributed by atoms with Crippen LogP contribution in [0, 0.1) is 16.0 Å². The molecule has 0 aliphatic carbocycles. The van der Waals surface area contributed by atoms with E-state index < -0.39 is 5.09 Å². The molecule has 0 saturated heterocycles. The molecule has 0 saturated carbocycles. The van der Waals surface area contributed by atoms with Crippen molar-refractivity contribution in [2.75, 3.05) is 0 Å². The van der Waals surface area contributed by atoms with Crippen molar-refractivity contribution in [3.05, 3.63) is 45.5 Å². The molecular formula is C11H15NO3. The minimum atomic E-state index is -0.776. The van der Waals surface area contributed by atoms with Gasteiger partial charge >= 0.3 is 0 Å². The third kappa shape index (κ3) is 4.44. The van der Waals surface area contributed by atoms with Gasteiger partial charge in [0.05, 0.1) is 0 Å². The molecule has 0 aliphatic rings. The fourth-order valence-electron chi connectivity index (χ4n) is 1.37. The number of benzene rings is 1. The van der Waals surface area contributed by atoms with Crippen LogP contribution in [0.5, 0.6) is 0 Å². The average molecular weight is 209 g/mol. The van der Waals surface area contributed by atoms with Crippen LogP contribution >= 0.6 is 0 Å². The lowest BCUT2D eigenvalue weighted by Gasteiger charge is -2.05. The van der Waals surface area contributed by atoms with Crippen LogP contribution in [0.3, 0.4) is 0 Å². The topological polar surface area (TPSA) is 52.4 Å². The molecular weight excluding hydrogens is 194 g/mol. The van der Waals surface area contributed by atoms with Crippen LogP contribution in [0.4, 0.5) is 0 Å². The Balaban J connectivity index is 2.52. The van der Waals surface area contributed by atoms with Gasteiger partial charge in [-0.05, 0) is 23.5 Å². The van der Waals surface area contributed by atoms with Gasteiger partial charge in [0.2, 0.25) is 0 Å². The van der Waals surface area contributed by atoms with E-state index in [-0.39, 0.29) is 6.61 Å². The maximum Gasteiger partial charge on any atom is 0.294 e. The molecule has 1 aromatic rings. The summed E-state index contributed by atoms with van der Waals surface area (Å²) < 4.78 is 0. The predicted octanol–water partition coefficient (Wildman–Crippen LogP) is 2.59. The summed E-state index contributed by atoms with van der Waals surface area (Å²) in [4.78, 5) is 14.2. The Labute approximate surface area is 89.0 Å². The summed E-state index contributed by atoms with van der Waals surface area (Å²) in [6.45, 7) is 4.34. The third-order valence-corrected chi connectivity index (χ3v) is 2.00. The molecule has 4 heteroatoms. The standard InChI is InChI=1S/C11H15NO3/c1-9(2)7-10-3-5-11(6-4-10)8-15-12(13)14/h3-6,9H,7-8H2,1-2H3. The van der Waals surface area contributed by atoms with Gasteiger partial charge in [0.1, 0.15) is 6.61 Å². The number of hydrogen-bond acceptors (Lipinski definition) is 3. The Morgan fingerprint density at radius 3 is 2.27 bits per heavy atom. The first kappa shape index (κ1) is 11.5. The van der Waals surface area contributed by atoms with Crippen LogP contribution in [0.25, 0.3) is 0 Å². The van der Waals surface area contributed by atoms with E-state index in [1.165, 1.54) is 5.56 Å². The molecule has 0 amide bonds. The zero-order chi connectivity index (χ0) is 11.3. The molecule has 0 bridgehead atoms. The zero-order valence-electron chi connectivity index (χ0n) is 8.97.